The number of hydrogen-bond donors (Lipinski definition) is 4. The maximum absolute atomic E-state index is 13.0. The van der Waals surface area contributed by atoms with Crippen molar-refractivity contribution in [2.24, 2.45) is 0 Å². The first-order valence-corrected chi connectivity index (χ1v) is 12.1. The Balaban J connectivity index is 2.04. The summed E-state index contributed by atoms with van der Waals surface area (Å²) in [6.45, 7) is 2.72. The lowest BCUT2D eigenvalue weighted by molar-refractivity contribution is 0.0632. The molecule has 176 valence electrons. The van der Waals surface area contributed by atoms with Gasteiger partial charge < -0.3 is 24.1 Å². The third-order valence-corrected chi connectivity index (χ3v) is 6.49. The van der Waals surface area contributed by atoms with Gasteiger partial charge in [0.15, 0.2) is 5.43 Å². The van der Waals surface area contributed by atoms with Crippen LogP contribution >= 0.6 is 19.4 Å². The van der Waals surface area contributed by atoms with Gasteiger partial charge in [-0.1, -0.05) is 17.7 Å². The smallest absolute Gasteiger partial charge is 0.507 e. The van der Waals surface area contributed by atoms with E-state index >= 15 is 0 Å². The van der Waals surface area contributed by atoms with Crippen molar-refractivity contribution in [1.29, 1.82) is 0 Å². The van der Waals surface area contributed by atoms with Crippen LogP contribution in [0.4, 0.5) is 0 Å². The van der Waals surface area contributed by atoms with Crippen molar-refractivity contribution in [3.05, 3.63) is 56.7 Å². The molecule has 0 bridgehead atoms. The molecule has 1 saturated heterocycles. The molecular weight excluding hydrogens is 473 g/mol. The van der Waals surface area contributed by atoms with Crippen LogP contribution < -0.4 is 9.95 Å². The largest absolute Gasteiger partial charge is 0.524 e. The standard InChI is InChI=1S/C22H23ClNO8P/c1-11-3-4-12(14(23)7-11)18-8-15(25)21-16(26)9-19(32-33(28,29)30)20(22(21)31-18)13-5-6-24(2)10-17(13)27/h3-4,7-9,13,17,26-27H,5-6,10H2,1-2H3,(H2,28,29,30)/t13-,17+/m0/s1. The minimum Gasteiger partial charge on any atom is -0.507 e. The second-order valence-electron chi connectivity index (χ2n) is 8.28. The van der Waals surface area contributed by atoms with E-state index in [2.05, 4.69) is 0 Å². The summed E-state index contributed by atoms with van der Waals surface area (Å²) in [5.41, 5.74) is 0.737. The molecule has 1 fully saturated rings. The summed E-state index contributed by atoms with van der Waals surface area (Å²) in [4.78, 5) is 33.8. The van der Waals surface area contributed by atoms with Gasteiger partial charge in [0.05, 0.1) is 11.1 Å². The minimum absolute atomic E-state index is 0.105. The molecule has 0 amide bonds. The van der Waals surface area contributed by atoms with Crippen LogP contribution in [0.2, 0.25) is 5.02 Å². The Morgan fingerprint density at radius 3 is 2.61 bits per heavy atom. The number of aromatic hydroxyl groups is 1. The highest BCUT2D eigenvalue weighted by molar-refractivity contribution is 7.46. The number of aryl methyl sites for hydroxylation is 1. The number of nitrogens with zero attached hydrogens (tertiary/aromatic N) is 1. The Labute approximate surface area is 194 Å². The van der Waals surface area contributed by atoms with Crippen molar-refractivity contribution in [1.82, 2.24) is 4.90 Å². The first-order chi connectivity index (χ1) is 15.4. The minimum atomic E-state index is -5.03. The number of phenolic OH excluding ortho intramolecular Hbond substituents is 1. The van der Waals surface area contributed by atoms with Gasteiger partial charge in [-0.05, 0) is 44.6 Å². The van der Waals surface area contributed by atoms with E-state index in [1.54, 1.807) is 18.2 Å². The fourth-order valence-electron chi connectivity index (χ4n) is 4.25. The summed E-state index contributed by atoms with van der Waals surface area (Å²) in [6.07, 6.45) is -0.540. The molecule has 2 heterocycles. The van der Waals surface area contributed by atoms with E-state index in [9.17, 15) is 29.4 Å². The third kappa shape index (κ3) is 4.80. The number of rotatable bonds is 4. The normalized spacial score (nSPS) is 19.7. The van der Waals surface area contributed by atoms with Gasteiger partial charge in [0.1, 0.15) is 28.2 Å². The molecule has 1 aliphatic heterocycles. The molecule has 11 heteroatoms. The van der Waals surface area contributed by atoms with Crippen LogP contribution in [0.1, 0.15) is 23.5 Å². The molecule has 4 N–H and O–H groups in total. The van der Waals surface area contributed by atoms with Gasteiger partial charge in [-0.15, -0.1) is 0 Å². The molecule has 4 rings (SSSR count). The number of β-amino-alcohol motifs (C(OH)–C–C–N with tert-alkyl or cyclic N) is 1. The maximum Gasteiger partial charge on any atom is 0.524 e. The number of aliphatic hydroxyl groups excluding tert-OH is 1. The number of halogens is 1. The Kier molecular flexibility index (Phi) is 6.30. The Bertz CT molecular complexity index is 1330. The molecule has 33 heavy (non-hydrogen) atoms. The SMILES string of the molecule is Cc1ccc(-c2cc(=O)c3c(O)cc(OP(=O)(O)O)c([C@H]4CCN(C)C[C@H]4O)c3o2)c(Cl)c1. The highest BCUT2D eigenvalue weighted by atomic mass is 35.5. The van der Waals surface area contributed by atoms with Crippen molar-refractivity contribution >= 4 is 30.4 Å². The lowest BCUT2D eigenvalue weighted by Crippen LogP contribution is -2.40. The van der Waals surface area contributed by atoms with Gasteiger partial charge in [-0.3, -0.25) is 14.6 Å². The predicted molar refractivity (Wildman–Crippen MR) is 123 cm³/mol. The van der Waals surface area contributed by atoms with E-state index in [1.165, 1.54) is 6.07 Å². The number of fused-ring (bicyclic) bond motifs is 1. The fourth-order valence-corrected chi connectivity index (χ4v) is 4.98. The second-order valence-corrected chi connectivity index (χ2v) is 9.85. The molecule has 0 spiro atoms. The first-order valence-electron chi connectivity index (χ1n) is 10.2. The monoisotopic (exact) mass is 495 g/mol. The first kappa shape index (κ1) is 23.8. The average molecular weight is 496 g/mol. The molecule has 1 aromatic heterocycles. The topological polar surface area (TPSA) is 141 Å². The van der Waals surface area contributed by atoms with E-state index < -0.39 is 31.0 Å². The molecule has 0 aliphatic carbocycles. The molecule has 2 aromatic carbocycles. The number of aliphatic hydroxyl groups is 1. The van der Waals surface area contributed by atoms with E-state index in [-0.39, 0.29) is 34.6 Å². The van der Waals surface area contributed by atoms with Crippen molar-refractivity contribution < 1.29 is 33.5 Å². The van der Waals surface area contributed by atoms with Gasteiger partial charge in [0.2, 0.25) is 0 Å². The van der Waals surface area contributed by atoms with Gasteiger partial charge in [-0.25, -0.2) is 4.57 Å². The van der Waals surface area contributed by atoms with Crippen LogP contribution in [-0.2, 0) is 4.57 Å². The molecule has 1 aliphatic rings. The van der Waals surface area contributed by atoms with E-state index in [0.717, 1.165) is 11.6 Å². The zero-order valence-electron chi connectivity index (χ0n) is 17.9. The number of benzene rings is 2. The summed E-state index contributed by atoms with van der Waals surface area (Å²) in [6, 6.07) is 7.33. The van der Waals surface area contributed by atoms with E-state index in [0.29, 0.717) is 23.6 Å². The molecule has 0 unspecified atom stereocenters. The van der Waals surface area contributed by atoms with Gasteiger partial charge in [0.25, 0.3) is 0 Å². The number of piperidine rings is 1. The van der Waals surface area contributed by atoms with Crippen molar-refractivity contribution in [2.45, 2.75) is 25.4 Å². The van der Waals surface area contributed by atoms with Crippen LogP contribution in [0.3, 0.4) is 0 Å². The fraction of sp³-hybridized carbons (Fsp3) is 0.318. The average Bonchev–Trinajstić information content (AvgIpc) is 2.67. The third-order valence-electron chi connectivity index (χ3n) is 5.74. The van der Waals surface area contributed by atoms with E-state index in [4.69, 9.17) is 20.5 Å². The van der Waals surface area contributed by atoms with Crippen molar-refractivity contribution in [2.75, 3.05) is 20.1 Å². The molecule has 2 atom stereocenters. The number of likely N-dealkylation sites (N-methyl/N-ethyl adjacent to an activating group) is 1. The number of hydrogen-bond acceptors (Lipinski definition) is 7. The van der Waals surface area contributed by atoms with Crippen LogP contribution in [0.15, 0.2) is 39.5 Å². The number of phosphoric ester groups is 1. The summed E-state index contributed by atoms with van der Waals surface area (Å²) >= 11 is 6.36. The van der Waals surface area contributed by atoms with Crippen molar-refractivity contribution in [3.8, 4) is 22.8 Å². The Morgan fingerprint density at radius 1 is 1.24 bits per heavy atom. The second kappa shape index (κ2) is 8.76. The zero-order chi connectivity index (χ0) is 24.1. The maximum atomic E-state index is 13.0. The Morgan fingerprint density at radius 2 is 1.97 bits per heavy atom. The van der Waals surface area contributed by atoms with Gasteiger partial charge >= 0.3 is 7.82 Å². The quantitative estimate of drug-likeness (QED) is 0.401. The Hall–Kier alpha value is -2.39. The molecule has 0 saturated carbocycles. The summed E-state index contributed by atoms with van der Waals surface area (Å²) in [7, 11) is -3.20. The summed E-state index contributed by atoms with van der Waals surface area (Å²) in [5.74, 6) is -1.49. The van der Waals surface area contributed by atoms with Crippen molar-refractivity contribution in [3.63, 3.8) is 0 Å². The number of phosphoric acid groups is 1. The molecule has 9 nitrogen and oxygen atoms in total. The van der Waals surface area contributed by atoms with Crippen LogP contribution in [0.5, 0.6) is 11.5 Å². The number of likely N-dealkylation sites (tertiary alicyclic amines) is 1. The molecule has 3 aromatic rings. The molecular formula is C22H23ClNO8P. The van der Waals surface area contributed by atoms with Crippen LogP contribution in [0, 0.1) is 6.92 Å². The molecule has 0 radical (unpaired) electrons. The summed E-state index contributed by atoms with van der Waals surface area (Å²) in [5, 5.41) is 21.5. The van der Waals surface area contributed by atoms with Gasteiger partial charge in [-0.2, -0.15) is 0 Å². The van der Waals surface area contributed by atoms with Gasteiger partial charge in [0, 0.05) is 35.7 Å². The highest BCUT2D eigenvalue weighted by Crippen LogP contribution is 2.48. The lowest BCUT2D eigenvalue weighted by atomic mass is 9.85. The van der Waals surface area contributed by atoms with E-state index in [1.807, 2.05) is 18.9 Å². The highest BCUT2D eigenvalue weighted by Gasteiger charge is 2.35. The zero-order valence-corrected chi connectivity index (χ0v) is 19.5. The van der Waals surface area contributed by atoms with Crippen LogP contribution in [0.25, 0.3) is 22.3 Å². The number of phenols is 1. The predicted octanol–water partition coefficient (Wildman–Crippen LogP) is 3.38. The lowest BCUT2D eigenvalue weighted by Gasteiger charge is -2.34. The van der Waals surface area contributed by atoms with Crippen LogP contribution in [-0.4, -0.2) is 51.1 Å². The summed E-state index contributed by atoms with van der Waals surface area (Å²) < 4.78 is 22.6.